The molecule has 0 aromatic heterocycles. The van der Waals surface area contributed by atoms with Crippen LogP contribution in [0.2, 0.25) is 0 Å². The van der Waals surface area contributed by atoms with Crippen molar-refractivity contribution in [2.75, 3.05) is 46.8 Å². The third-order valence-corrected chi connectivity index (χ3v) is 8.23. The van der Waals surface area contributed by atoms with E-state index in [2.05, 4.69) is 15.2 Å². The fraction of sp³-hybridized carbons (Fsp3) is 0.926. The molecule has 2 amide bonds. The van der Waals surface area contributed by atoms with Crippen molar-refractivity contribution in [3.8, 4) is 0 Å². The van der Waals surface area contributed by atoms with Crippen LogP contribution in [0.5, 0.6) is 0 Å². The number of phosphoric acid groups is 1. The third kappa shape index (κ3) is 14.6. The summed E-state index contributed by atoms with van der Waals surface area (Å²) in [6, 6.07) is -1.47. The summed E-state index contributed by atoms with van der Waals surface area (Å²) in [4.78, 5) is 32.8. The van der Waals surface area contributed by atoms with Crippen LogP contribution in [-0.4, -0.2) is 139 Å². The van der Waals surface area contributed by atoms with Gasteiger partial charge in [0.15, 0.2) is 12.6 Å². The Bertz CT molecular complexity index is 917. The largest absolute Gasteiger partial charge is 0.472 e. The van der Waals surface area contributed by atoms with E-state index in [4.69, 9.17) is 28.2 Å². The van der Waals surface area contributed by atoms with Crippen molar-refractivity contribution in [1.82, 2.24) is 10.6 Å². The van der Waals surface area contributed by atoms with Gasteiger partial charge in [0, 0.05) is 34.2 Å². The monoisotopic (exact) mass is 674 g/mol. The highest BCUT2D eigenvalue weighted by atomic mass is 31.2. The van der Waals surface area contributed by atoms with E-state index in [9.17, 15) is 39.5 Å². The average Bonchev–Trinajstić information content (AvgIpc) is 3.00. The number of nitrogens with one attached hydrogen (secondary N) is 2. The van der Waals surface area contributed by atoms with E-state index in [1.165, 1.54) is 13.8 Å². The molecule has 2 rings (SSSR count). The van der Waals surface area contributed by atoms with Crippen molar-refractivity contribution in [1.29, 1.82) is 0 Å². The number of amides is 2. The Balaban J connectivity index is 1.74. The van der Waals surface area contributed by atoms with E-state index in [0.29, 0.717) is 32.3 Å². The number of rotatable bonds is 21. The molecule has 2 unspecified atom stereocenters. The number of hydrogen-bond donors (Lipinski definition) is 7. The quantitative estimate of drug-likeness (QED) is 0.0574. The topological polar surface area (TPSA) is 241 Å². The summed E-state index contributed by atoms with van der Waals surface area (Å²) in [7, 11) is -3.25. The Morgan fingerprint density at radius 3 is 2.18 bits per heavy atom. The van der Waals surface area contributed by atoms with Crippen molar-refractivity contribution >= 4 is 19.6 Å². The number of aliphatic hydroxyl groups excluding tert-OH is 4. The van der Waals surface area contributed by atoms with E-state index >= 15 is 0 Å². The molecule has 0 aliphatic carbocycles. The smallest absolute Gasteiger partial charge is 0.394 e. The number of ether oxygens (including phenoxy) is 5. The lowest BCUT2D eigenvalue weighted by molar-refractivity contribution is -0.270. The number of unbranched alkanes of at least 4 members (excludes halogenated alkanes) is 4. The van der Waals surface area contributed by atoms with Gasteiger partial charge in [0.25, 0.3) is 0 Å². The van der Waals surface area contributed by atoms with Crippen molar-refractivity contribution in [2.45, 2.75) is 114 Å². The number of aliphatic hydroxyl groups is 4. The molecular weight excluding hydrogens is 623 g/mol. The van der Waals surface area contributed by atoms with Crippen molar-refractivity contribution in [3.05, 3.63) is 0 Å². The predicted molar refractivity (Wildman–Crippen MR) is 155 cm³/mol. The van der Waals surface area contributed by atoms with Gasteiger partial charge in [-0.05, 0) is 25.7 Å². The molecule has 7 N–H and O–H groups in total. The Hall–Kier alpha value is -1.31. The van der Waals surface area contributed by atoms with Crippen LogP contribution in [0.25, 0.3) is 0 Å². The second-order valence-corrected chi connectivity index (χ2v) is 12.6. The Labute approximate surface area is 263 Å². The molecule has 17 nitrogen and oxygen atoms in total. The van der Waals surface area contributed by atoms with Crippen LogP contribution < -0.4 is 10.6 Å². The average molecular weight is 675 g/mol. The second-order valence-electron chi connectivity index (χ2n) is 11.0. The fourth-order valence-electron chi connectivity index (χ4n) is 4.93. The maximum atomic E-state index is 11.8. The Morgan fingerprint density at radius 1 is 0.889 bits per heavy atom. The molecule has 2 aliphatic heterocycles. The second kappa shape index (κ2) is 20.8. The highest BCUT2D eigenvalue weighted by Gasteiger charge is 2.45. The summed E-state index contributed by atoms with van der Waals surface area (Å²) in [5.41, 5.74) is 0. The predicted octanol–water partition coefficient (Wildman–Crippen LogP) is -0.935. The summed E-state index contributed by atoms with van der Waals surface area (Å²) in [5.74, 6) is -0.700. The number of carbonyl (C=O) groups is 2. The van der Waals surface area contributed by atoms with Gasteiger partial charge in [-0.15, -0.1) is 0 Å². The molecule has 0 aromatic rings. The van der Waals surface area contributed by atoms with Gasteiger partial charge in [0.1, 0.15) is 30.5 Å². The lowest BCUT2D eigenvalue weighted by atomic mass is 9.97. The molecule has 0 aromatic carbocycles. The van der Waals surface area contributed by atoms with Crippen LogP contribution in [0.4, 0.5) is 0 Å². The minimum Gasteiger partial charge on any atom is -0.394 e. The summed E-state index contributed by atoms with van der Waals surface area (Å²) >= 11 is 0. The number of carbonyl (C=O) groups excluding carboxylic acids is 2. The fourth-order valence-corrected chi connectivity index (χ4v) is 5.39. The summed E-state index contributed by atoms with van der Waals surface area (Å²) in [5, 5.41) is 44.6. The van der Waals surface area contributed by atoms with E-state index in [1.807, 2.05) is 0 Å². The van der Waals surface area contributed by atoms with E-state index in [0.717, 1.165) is 26.4 Å². The summed E-state index contributed by atoms with van der Waals surface area (Å²) < 4.78 is 50.1. The summed E-state index contributed by atoms with van der Waals surface area (Å²) in [6.45, 7) is 2.19. The molecule has 0 spiro atoms. The van der Waals surface area contributed by atoms with Gasteiger partial charge in [0.05, 0.1) is 38.6 Å². The molecule has 2 fully saturated rings. The van der Waals surface area contributed by atoms with Gasteiger partial charge >= 0.3 is 7.82 Å². The molecular formula is C27H51N2O15P. The Kier molecular flexibility index (Phi) is 18.4. The molecule has 18 heteroatoms. The van der Waals surface area contributed by atoms with Gasteiger partial charge in [-0.2, -0.15) is 0 Å². The van der Waals surface area contributed by atoms with Gasteiger partial charge in [-0.3, -0.25) is 18.6 Å². The van der Waals surface area contributed by atoms with Crippen LogP contribution in [0, 0.1) is 0 Å². The number of phosphoric ester groups is 1. The lowest BCUT2D eigenvalue weighted by Gasteiger charge is -2.42. The van der Waals surface area contributed by atoms with Crippen LogP contribution in [0.1, 0.15) is 58.8 Å². The number of hydrogen-bond acceptors (Lipinski definition) is 14. The zero-order valence-corrected chi connectivity index (χ0v) is 27.0. The molecule has 45 heavy (non-hydrogen) atoms. The van der Waals surface area contributed by atoms with Gasteiger partial charge in [0.2, 0.25) is 11.8 Å². The SMILES string of the molecule is COP(=O)(O)OC[C@H](COCCCCCCCOC1O[C@H](CO)[C@H](O)[C@H](O)[C@H]1NC(C)=O)O[C@@H]1O[C@H](CO)CC[C@H]1NC(C)=O. The molecule has 2 heterocycles. The molecule has 264 valence electrons. The Morgan fingerprint density at radius 2 is 1.56 bits per heavy atom. The molecule has 2 saturated heterocycles. The molecule has 0 saturated carbocycles. The summed E-state index contributed by atoms with van der Waals surface area (Å²) in [6.07, 6.45) is -2.16. The highest BCUT2D eigenvalue weighted by molar-refractivity contribution is 7.47. The van der Waals surface area contributed by atoms with Crippen LogP contribution in [-0.2, 0) is 46.9 Å². The van der Waals surface area contributed by atoms with Crippen LogP contribution >= 0.6 is 7.82 Å². The van der Waals surface area contributed by atoms with Gasteiger partial charge in [-0.1, -0.05) is 19.3 Å². The zero-order chi connectivity index (χ0) is 33.4. The minimum absolute atomic E-state index is 0.000231. The molecule has 10 atom stereocenters. The molecule has 0 bridgehead atoms. The lowest BCUT2D eigenvalue weighted by Crippen LogP contribution is -2.64. The molecule has 0 radical (unpaired) electrons. The first-order valence-electron chi connectivity index (χ1n) is 15.2. The normalized spacial score (nSPS) is 30.8. The first-order chi connectivity index (χ1) is 21.4. The first-order valence-corrected chi connectivity index (χ1v) is 16.7. The minimum atomic E-state index is -4.29. The van der Waals surface area contributed by atoms with E-state index in [-0.39, 0.29) is 32.3 Å². The highest BCUT2D eigenvalue weighted by Crippen LogP contribution is 2.42. The molecule has 2 aliphatic rings. The van der Waals surface area contributed by atoms with Gasteiger partial charge in [-0.25, -0.2) is 4.57 Å². The van der Waals surface area contributed by atoms with E-state index in [1.54, 1.807) is 0 Å². The maximum absolute atomic E-state index is 11.8. The maximum Gasteiger partial charge on any atom is 0.472 e. The zero-order valence-electron chi connectivity index (χ0n) is 26.2. The van der Waals surface area contributed by atoms with Crippen molar-refractivity contribution in [2.24, 2.45) is 0 Å². The van der Waals surface area contributed by atoms with Crippen LogP contribution in [0.3, 0.4) is 0 Å². The van der Waals surface area contributed by atoms with E-state index < -0.39 is 75.5 Å². The van der Waals surface area contributed by atoms with Crippen LogP contribution in [0.15, 0.2) is 0 Å². The van der Waals surface area contributed by atoms with Gasteiger partial charge < -0.3 is 59.6 Å². The third-order valence-electron chi connectivity index (χ3n) is 7.30. The van der Waals surface area contributed by atoms with Crippen molar-refractivity contribution < 1.29 is 72.2 Å². The standard InChI is InChI=1S/C27H51N2O15P/c1-17(32)28-21-10-9-19(13-30)42-26(21)43-20(16-41-45(36,37)38-3)15-39-11-7-5-4-6-8-12-40-27-23(29-18(2)33)25(35)24(34)22(14-31)44-27/h19-27,30-31,34-35H,4-16H2,1-3H3,(H,28,32)(H,29,33)(H,36,37)/t19-,20-,21+,22+,23+,24-,25+,26-,27?/m0/s1. The van der Waals surface area contributed by atoms with Crippen molar-refractivity contribution in [3.63, 3.8) is 0 Å². The first kappa shape index (κ1) is 39.9.